The van der Waals surface area contributed by atoms with Crippen molar-refractivity contribution in [2.75, 3.05) is 24.5 Å². The number of halogens is 3. The van der Waals surface area contributed by atoms with Gasteiger partial charge in [-0.3, -0.25) is 9.48 Å². The van der Waals surface area contributed by atoms with Crippen LogP contribution in [0.1, 0.15) is 40.2 Å². The number of carbonyl (C=O) groups is 1. The van der Waals surface area contributed by atoms with Gasteiger partial charge in [0.1, 0.15) is 0 Å². The third-order valence-electron chi connectivity index (χ3n) is 5.75. The van der Waals surface area contributed by atoms with Gasteiger partial charge in [-0.1, -0.05) is 0 Å². The van der Waals surface area contributed by atoms with E-state index in [4.69, 9.17) is 0 Å². The van der Waals surface area contributed by atoms with Crippen molar-refractivity contribution in [1.29, 1.82) is 0 Å². The molecule has 4 heterocycles. The van der Waals surface area contributed by atoms with E-state index in [1.165, 1.54) is 6.20 Å². The average Bonchev–Trinajstić information content (AvgIpc) is 3.35. The Morgan fingerprint density at radius 3 is 2.52 bits per heavy atom. The number of fused-ring (bicyclic) bond motifs is 1. The molecule has 31 heavy (non-hydrogen) atoms. The van der Waals surface area contributed by atoms with Gasteiger partial charge in [0.2, 0.25) is 0 Å². The lowest BCUT2D eigenvalue weighted by molar-refractivity contribution is -0.146. The van der Waals surface area contributed by atoms with Crippen molar-refractivity contribution < 1.29 is 18.0 Å². The minimum absolute atomic E-state index is 0.113. The molecule has 0 bridgehead atoms. The Morgan fingerprint density at radius 1 is 1.19 bits per heavy atom. The Balaban J connectivity index is 1.45. The van der Waals surface area contributed by atoms with Gasteiger partial charge in [-0.15, -0.1) is 15.3 Å². The molecule has 0 atom stereocenters. The van der Waals surface area contributed by atoms with Gasteiger partial charge in [0.05, 0.1) is 11.8 Å². The number of rotatable bonds is 4. The number of nitrogens with zero attached hydrogens (tertiary/aromatic N) is 7. The zero-order chi connectivity index (χ0) is 22.3. The first-order valence-electron chi connectivity index (χ1n) is 9.96. The van der Waals surface area contributed by atoms with E-state index in [9.17, 15) is 18.0 Å². The Labute approximate surface area is 176 Å². The third kappa shape index (κ3) is 4.06. The van der Waals surface area contributed by atoms with Crippen LogP contribution in [0.15, 0.2) is 12.4 Å². The minimum atomic E-state index is -4.63. The molecule has 0 saturated carbocycles. The molecule has 0 spiro atoms. The SMILES string of the molecule is Cc1c(N2CCC(CNC(=O)c3cnn(C)c3)CC2)nn2c(C(F)(F)F)nnc2c1C. The molecule has 166 valence electrons. The Hall–Kier alpha value is -3.18. The standard InChI is InChI=1S/C19H23F3N8O/c1-11-12(2)16(27-30-15(11)25-26-18(30)19(20,21)22)29-6-4-13(5-7-29)8-23-17(31)14-9-24-28(3)10-14/h9-10,13H,4-8H2,1-3H3,(H,23,31). The quantitative estimate of drug-likeness (QED) is 0.674. The van der Waals surface area contributed by atoms with Crippen LogP contribution in [-0.4, -0.2) is 55.1 Å². The van der Waals surface area contributed by atoms with Crippen LogP contribution in [-0.2, 0) is 13.2 Å². The number of anilines is 1. The van der Waals surface area contributed by atoms with E-state index in [0.717, 1.165) is 22.9 Å². The minimum Gasteiger partial charge on any atom is -0.355 e. The molecular formula is C19H23F3N8O. The van der Waals surface area contributed by atoms with Gasteiger partial charge in [0.25, 0.3) is 11.7 Å². The lowest BCUT2D eigenvalue weighted by atomic mass is 9.96. The van der Waals surface area contributed by atoms with E-state index in [-0.39, 0.29) is 17.5 Å². The lowest BCUT2D eigenvalue weighted by Crippen LogP contribution is -2.39. The first-order chi connectivity index (χ1) is 14.6. The van der Waals surface area contributed by atoms with Gasteiger partial charge in [0.15, 0.2) is 11.5 Å². The van der Waals surface area contributed by atoms with Crippen molar-refractivity contribution in [1.82, 2.24) is 34.9 Å². The number of carbonyl (C=O) groups excluding carboxylic acids is 1. The number of aromatic nitrogens is 6. The van der Waals surface area contributed by atoms with E-state index in [0.29, 0.717) is 36.6 Å². The predicted octanol–water partition coefficient (Wildman–Crippen LogP) is 2.14. The fourth-order valence-corrected chi connectivity index (χ4v) is 3.82. The average molecular weight is 436 g/mol. The monoisotopic (exact) mass is 436 g/mol. The Bertz CT molecular complexity index is 1110. The van der Waals surface area contributed by atoms with Gasteiger partial charge in [0, 0.05) is 44.0 Å². The van der Waals surface area contributed by atoms with Crippen LogP contribution < -0.4 is 10.2 Å². The highest BCUT2D eigenvalue weighted by Gasteiger charge is 2.38. The van der Waals surface area contributed by atoms with Crippen LogP contribution in [0.3, 0.4) is 0 Å². The normalized spacial score (nSPS) is 15.6. The first-order valence-corrected chi connectivity index (χ1v) is 9.96. The van der Waals surface area contributed by atoms with Crippen molar-refractivity contribution in [2.45, 2.75) is 32.9 Å². The fraction of sp³-hybridized carbons (Fsp3) is 0.526. The maximum atomic E-state index is 13.3. The Kier molecular flexibility index (Phi) is 5.31. The van der Waals surface area contributed by atoms with Crippen LogP contribution in [0.4, 0.5) is 19.0 Å². The summed E-state index contributed by atoms with van der Waals surface area (Å²) in [6.45, 7) is 5.37. The Morgan fingerprint density at radius 2 is 1.90 bits per heavy atom. The third-order valence-corrected chi connectivity index (χ3v) is 5.75. The number of hydrogen-bond acceptors (Lipinski definition) is 6. The number of amides is 1. The summed E-state index contributed by atoms with van der Waals surface area (Å²) < 4.78 is 42.2. The number of piperidine rings is 1. The number of aryl methyl sites for hydroxylation is 2. The van der Waals surface area contributed by atoms with Crippen molar-refractivity contribution in [2.24, 2.45) is 13.0 Å². The molecule has 1 amide bonds. The largest absolute Gasteiger partial charge is 0.453 e. The molecule has 1 saturated heterocycles. The summed E-state index contributed by atoms with van der Waals surface area (Å²) in [5, 5.41) is 18.1. The van der Waals surface area contributed by atoms with Crippen molar-refractivity contribution in [3.63, 3.8) is 0 Å². The molecule has 1 aliphatic heterocycles. The number of hydrogen-bond donors (Lipinski definition) is 1. The van der Waals surface area contributed by atoms with Crippen molar-refractivity contribution in [3.05, 3.63) is 34.9 Å². The van der Waals surface area contributed by atoms with Crippen LogP contribution in [0, 0.1) is 19.8 Å². The van der Waals surface area contributed by atoms with E-state index >= 15 is 0 Å². The summed E-state index contributed by atoms with van der Waals surface area (Å²) in [6, 6.07) is 0. The maximum absolute atomic E-state index is 13.3. The summed E-state index contributed by atoms with van der Waals surface area (Å²) in [5.74, 6) is -0.503. The molecule has 9 nitrogen and oxygen atoms in total. The molecule has 1 aliphatic rings. The van der Waals surface area contributed by atoms with E-state index < -0.39 is 12.0 Å². The lowest BCUT2D eigenvalue weighted by Gasteiger charge is -2.33. The second-order valence-corrected chi connectivity index (χ2v) is 7.87. The highest BCUT2D eigenvalue weighted by Crippen LogP contribution is 2.31. The van der Waals surface area contributed by atoms with Gasteiger partial charge in [-0.25, -0.2) is 0 Å². The van der Waals surface area contributed by atoms with Crippen LogP contribution >= 0.6 is 0 Å². The fourth-order valence-electron chi connectivity index (χ4n) is 3.82. The molecule has 1 fully saturated rings. The molecule has 4 rings (SSSR count). The van der Waals surface area contributed by atoms with E-state index in [2.05, 4.69) is 25.7 Å². The molecule has 1 N–H and O–H groups in total. The molecule has 3 aromatic rings. The highest BCUT2D eigenvalue weighted by atomic mass is 19.4. The summed E-state index contributed by atoms with van der Waals surface area (Å²) >= 11 is 0. The zero-order valence-electron chi connectivity index (χ0n) is 17.4. The summed E-state index contributed by atoms with van der Waals surface area (Å²) in [5.41, 5.74) is 2.04. The van der Waals surface area contributed by atoms with Crippen LogP contribution in [0.5, 0.6) is 0 Å². The van der Waals surface area contributed by atoms with Crippen LogP contribution in [0.2, 0.25) is 0 Å². The smallest absolute Gasteiger partial charge is 0.355 e. The van der Waals surface area contributed by atoms with Gasteiger partial charge in [-0.05, 0) is 32.6 Å². The molecule has 0 aliphatic carbocycles. The topological polar surface area (TPSA) is 93.2 Å². The predicted molar refractivity (Wildman–Crippen MR) is 106 cm³/mol. The molecule has 12 heteroatoms. The number of nitrogens with one attached hydrogen (secondary N) is 1. The molecule has 0 unspecified atom stereocenters. The second-order valence-electron chi connectivity index (χ2n) is 7.87. The molecular weight excluding hydrogens is 413 g/mol. The zero-order valence-corrected chi connectivity index (χ0v) is 17.4. The van der Waals surface area contributed by atoms with Crippen LogP contribution in [0.25, 0.3) is 5.65 Å². The van der Waals surface area contributed by atoms with E-state index in [1.807, 2.05) is 11.8 Å². The molecule has 3 aromatic heterocycles. The number of alkyl halides is 3. The first kappa shape index (κ1) is 21.1. The molecule has 0 aromatic carbocycles. The summed E-state index contributed by atoms with van der Waals surface area (Å²) in [4.78, 5) is 14.2. The highest BCUT2D eigenvalue weighted by molar-refractivity contribution is 5.93. The van der Waals surface area contributed by atoms with Gasteiger partial charge >= 0.3 is 6.18 Å². The van der Waals surface area contributed by atoms with Gasteiger partial charge in [-0.2, -0.15) is 22.8 Å². The summed E-state index contributed by atoms with van der Waals surface area (Å²) in [6.07, 6.45) is 0.126. The summed E-state index contributed by atoms with van der Waals surface area (Å²) in [7, 11) is 1.75. The van der Waals surface area contributed by atoms with Crippen molar-refractivity contribution in [3.8, 4) is 0 Å². The van der Waals surface area contributed by atoms with Gasteiger partial charge < -0.3 is 10.2 Å². The maximum Gasteiger partial charge on any atom is 0.453 e. The van der Waals surface area contributed by atoms with E-state index in [1.54, 1.807) is 24.9 Å². The second kappa shape index (κ2) is 7.82. The molecule has 0 radical (unpaired) electrons. The van der Waals surface area contributed by atoms with Crippen molar-refractivity contribution >= 4 is 17.4 Å².